The summed E-state index contributed by atoms with van der Waals surface area (Å²) in [5.74, 6) is -2.19. The summed E-state index contributed by atoms with van der Waals surface area (Å²) < 4.78 is 26.4. The maximum atomic E-state index is 13.3. The SMILES string of the molecule is CC(C)(C)c1csc(CN2CCN(C(=O)c3ccc(F)c(F)c3)CC2)n1. The third kappa shape index (κ3) is 4.27. The number of nitrogens with zero attached hydrogens (tertiary/aromatic N) is 3. The van der Waals surface area contributed by atoms with E-state index in [0.29, 0.717) is 13.1 Å². The van der Waals surface area contributed by atoms with Crippen LogP contribution in [0.1, 0.15) is 41.8 Å². The van der Waals surface area contributed by atoms with Gasteiger partial charge in [0.15, 0.2) is 11.6 Å². The van der Waals surface area contributed by atoms with E-state index in [4.69, 9.17) is 4.98 Å². The van der Waals surface area contributed by atoms with Gasteiger partial charge in [-0.1, -0.05) is 20.8 Å². The van der Waals surface area contributed by atoms with Crippen LogP contribution in [0.2, 0.25) is 0 Å². The molecule has 4 nitrogen and oxygen atoms in total. The third-order valence-corrected chi connectivity index (χ3v) is 5.34. The quantitative estimate of drug-likeness (QED) is 0.816. The van der Waals surface area contributed by atoms with Gasteiger partial charge in [0.2, 0.25) is 0 Å². The summed E-state index contributed by atoms with van der Waals surface area (Å²) in [6.45, 7) is 9.82. The molecule has 0 bridgehead atoms. The van der Waals surface area contributed by atoms with Crippen molar-refractivity contribution < 1.29 is 13.6 Å². The smallest absolute Gasteiger partial charge is 0.254 e. The molecule has 7 heteroatoms. The summed E-state index contributed by atoms with van der Waals surface area (Å²) >= 11 is 1.67. The lowest BCUT2D eigenvalue weighted by Gasteiger charge is -2.34. The molecule has 1 saturated heterocycles. The number of benzene rings is 1. The van der Waals surface area contributed by atoms with Crippen molar-refractivity contribution in [2.45, 2.75) is 32.7 Å². The lowest BCUT2D eigenvalue weighted by Crippen LogP contribution is -2.48. The van der Waals surface area contributed by atoms with Crippen molar-refractivity contribution in [1.29, 1.82) is 0 Å². The van der Waals surface area contributed by atoms with E-state index in [-0.39, 0.29) is 16.9 Å². The van der Waals surface area contributed by atoms with E-state index in [0.717, 1.165) is 42.5 Å². The molecule has 2 aromatic rings. The molecule has 0 saturated carbocycles. The molecule has 1 aliphatic heterocycles. The molecular weight excluding hydrogens is 356 g/mol. The fraction of sp³-hybridized carbons (Fsp3) is 0.474. The molecule has 3 rings (SSSR count). The summed E-state index contributed by atoms with van der Waals surface area (Å²) in [6, 6.07) is 3.29. The summed E-state index contributed by atoms with van der Waals surface area (Å²) in [7, 11) is 0. The maximum absolute atomic E-state index is 13.3. The lowest BCUT2D eigenvalue weighted by molar-refractivity contribution is 0.0627. The molecule has 0 atom stereocenters. The first-order valence-electron chi connectivity index (χ1n) is 8.65. The fourth-order valence-electron chi connectivity index (χ4n) is 2.84. The van der Waals surface area contributed by atoms with Gasteiger partial charge in [0.05, 0.1) is 12.2 Å². The Morgan fingerprint density at radius 2 is 1.85 bits per heavy atom. The molecule has 0 unspecified atom stereocenters. The minimum atomic E-state index is -0.993. The van der Waals surface area contributed by atoms with Crippen LogP contribution >= 0.6 is 11.3 Å². The standard InChI is InChI=1S/C19H23F2N3OS/c1-19(2,3)16-12-26-17(22-16)11-23-6-8-24(9-7-23)18(25)13-4-5-14(20)15(21)10-13/h4-5,10,12H,6-9,11H2,1-3H3. The van der Waals surface area contributed by atoms with Gasteiger partial charge < -0.3 is 4.90 Å². The fourth-order valence-corrected chi connectivity index (χ4v) is 3.90. The molecule has 1 aromatic heterocycles. The highest BCUT2D eigenvalue weighted by molar-refractivity contribution is 7.09. The Balaban J connectivity index is 1.56. The molecule has 140 valence electrons. The predicted octanol–water partition coefficient (Wildman–Crippen LogP) is 3.68. The second-order valence-corrected chi connectivity index (χ2v) is 8.52. The van der Waals surface area contributed by atoms with E-state index >= 15 is 0 Å². The molecule has 0 spiro atoms. The van der Waals surface area contributed by atoms with Crippen LogP contribution in [0.4, 0.5) is 8.78 Å². The molecule has 26 heavy (non-hydrogen) atoms. The van der Waals surface area contributed by atoms with Gasteiger partial charge in [0, 0.05) is 42.5 Å². The number of piperazine rings is 1. The van der Waals surface area contributed by atoms with Gasteiger partial charge in [0.25, 0.3) is 5.91 Å². The lowest BCUT2D eigenvalue weighted by atomic mass is 9.93. The molecular formula is C19H23F2N3OS. The number of thiazole rings is 1. The number of carbonyl (C=O) groups excluding carboxylic acids is 1. The first-order chi connectivity index (χ1) is 12.2. The first kappa shape index (κ1) is 18.9. The largest absolute Gasteiger partial charge is 0.336 e. The minimum Gasteiger partial charge on any atom is -0.336 e. The summed E-state index contributed by atoms with van der Waals surface area (Å²) in [5.41, 5.74) is 1.33. The molecule has 1 aromatic carbocycles. The average molecular weight is 379 g/mol. The van der Waals surface area contributed by atoms with E-state index in [1.165, 1.54) is 6.07 Å². The van der Waals surface area contributed by atoms with Crippen molar-refractivity contribution in [3.8, 4) is 0 Å². The van der Waals surface area contributed by atoms with E-state index in [1.54, 1.807) is 16.2 Å². The third-order valence-electron chi connectivity index (χ3n) is 4.51. The van der Waals surface area contributed by atoms with Crippen molar-refractivity contribution in [2.75, 3.05) is 26.2 Å². The monoisotopic (exact) mass is 379 g/mol. The van der Waals surface area contributed by atoms with E-state index in [9.17, 15) is 13.6 Å². The molecule has 1 aliphatic rings. The Hall–Kier alpha value is -1.86. The Labute approximate surface area is 156 Å². The normalized spacial score (nSPS) is 16.1. The van der Waals surface area contributed by atoms with Gasteiger partial charge in [-0.05, 0) is 18.2 Å². The molecule has 1 amide bonds. The van der Waals surface area contributed by atoms with E-state index in [2.05, 4.69) is 31.1 Å². The Morgan fingerprint density at radius 1 is 1.15 bits per heavy atom. The number of rotatable bonds is 3. The van der Waals surface area contributed by atoms with Crippen LogP contribution in [0.25, 0.3) is 0 Å². The number of carbonyl (C=O) groups is 1. The highest BCUT2D eigenvalue weighted by Gasteiger charge is 2.24. The zero-order valence-corrected chi connectivity index (χ0v) is 16.1. The van der Waals surface area contributed by atoms with Crippen LogP contribution in [-0.4, -0.2) is 46.9 Å². The minimum absolute atomic E-state index is 0.0459. The van der Waals surface area contributed by atoms with Gasteiger partial charge in [-0.25, -0.2) is 13.8 Å². The van der Waals surface area contributed by atoms with Crippen molar-refractivity contribution in [3.63, 3.8) is 0 Å². The number of amides is 1. The topological polar surface area (TPSA) is 36.4 Å². The van der Waals surface area contributed by atoms with Crippen molar-refractivity contribution in [2.24, 2.45) is 0 Å². The highest BCUT2D eigenvalue weighted by atomic mass is 32.1. The maximum Gasteiger partial charge on any atom is 0.254 e. The van der Waals surface area contributed by atoms with Crippen LogP contribution in [0.15, 0.2) is 23.6 Å². The van der Waals surface area contributed by atoms with Gasteiger partial charge in [0.1, 0.15) is 5.01 Å². The van der Waals surface area contributed by atoms with Crippen molar-refractivity contribution in [3.05, 3.63) is 51.5 Å². The Kier molecular flexibility index (Phi) is 5.39. The van der Waals surface area contributed by atoms with Gasteiger partial charge in [-0.15, -0.1) is 11.3 Å². The molecule has 0 N–H and O–H groups in total. The molecule has 1 fully saturated rings. The van der Waals surface area contributed by atoms with Crippen molar-refractivity contribution in [1.82, 2.24) is 14.8 Å². The van der Waals surface area contributed by atoms with Gasteiger partial charge >= 0.3 is 0 Å². The zero-order valence-electron chi connectivity index (χ0n) is 15.3. The second kappa shape index (κ2) is 7.40. The van der Waals surface area contributed by atoms with Gasteiger partial charge in [-0.2, -0.15) is 0 Å². The first-order valence-corrected chi connectivity index (χ1v) is 9.53. The van der Waals surface area contributed by atoms with Crippen LogP contribution in [-0.2, 0) is 12.0 Å². The van der Waals surface area contributed by atoms with Crippen LogP contribution in [0.3, 0.4) is 0 Å². The van der Waals surface area contributed by atoms with Crippen LogP contribution < -0.4 is 0 Å². The highest BCUT2D eigenvalue weighted by Crippen LogP contribution is 2.24. The van der Waals surface area contributed by atoms with Gasteiger partial charge in [-0.3, -0.25) is 9.69 Å². The second-order valence-electron chi connectivity index (χ2n) is 7.57. The number of halogens is 2. The number of hydrogen-bond acceptors (Lipinski definition) is 4. The Bertz CT molecular complexity index is 792. The predicted molar refractivity (Wildman–Crippen MR) is 98.4 cm³/mol. The Morgan fingerprint density at radius 3 is 2.42 bits per heavy atom. The number of aromatic nitrogens is 1. The van der Waals surface area contributed by atoms with Crippen LogP contribution in [0.5, 0.6) is 0 Å². The summed E-state index contributed by atoms with van der Waals surface area (Å²) in [4.78, 5) is 21.1. The van der Waals surface area contributed by atoms with E-state index in [1.807, 2.05) is 0 Å². The summed E-state index contributed by atoms with van der Waals surface area (Å²) in [6.07, 6.45) is 0. The van der Waals surface area contributed by atoms with Crippen LogP contribution in [0, 0.1) is 11.6 Å². The summed E-state index contributed by atoms with van der Waals surface area (Å²) in [5, 5.41) is 3.19. The zero-order chi connectivity index (χ0) is 18.9. The molecule has 2 heterocycles. The van der Waals surface area contributed by atoms with Crippen molar-refractivity contribution >= 4 is 17.2 Å². The number of hydrogen-bond donors (Lipinski definition) is 0. The van der Waals surface area contributed by atoms with E-state index < -0.39 is 11.6 Å². The molecule has 0 radical (unpaired) electrons. The molecule has 0 aliphatic carbocycles. The average Bonchev–Trinajstić information content (AvgIpc) is 3.06.